The van der Waals surface area contributed by atoms with E-state index in [4.69, 9.17) is 9.47 Å². The van der Waals surface area contributed by atoms with Gasteiger partial charge in [0.25, 0.3) is 5.91 Å². The normalized spacial score (nSPS) is 15.6. The minimum absolute atomic E-state index is 0.00630. The summed E-state index contributed by atoms with van der Waals surface area (Å²) < 4.78 is 10.5. The predicted molar refractivity (Wildman–Crippen MR) is 107 cm³/mol. The van der Waals surface area contributed by atoms with Crippen LogP contribution >= 0.6 is 0 Å². The van der Waals surface area contributed by atoms with E-state index in [1.54, 1.807) is 48.4 Å². The van der Waals surface area contributed by atoms with Gasteiger partial charge in [-0.05, 0) is 42.5 Å². The van der Waals surface area contributed by atoms with Crippen molar-refractivity contribution >= 4 is 17.3 Å². The number of methoxy groups -OCH3 is 2. The third-order valence-corrected chi connectivity index (χ3v) is 4.82. The molecule has 1 unspecified atom stereocenters. The van der Waals surface area contributed by atoms with Crippen molar-refractivity contribution in [3.8, 4) is 17.2 Å². The Balaban J connectivity index is 1.87. The van der Waals surface area contributed by atoms with Gasteiger partial charge in [-0.1, -0.05) is 24.3 Å². The number of fused-ring (bicyclic) bond motifs is 1. The fourth-order valence-corrected chi connectivity index (χ4v) is 3.40. The lowest BCUT2D eigenvalue weighted by molar-refractivity contribution is 0.0974. The number of hydrogen-bond acceptors (Lipinski definition) is 5. The van der Waals surface area contributed by atoms with Crippen LogP contribution in [0.4, 0.5) is 11.4 Å². The zero-order valence-corrected chi connectivity index (χ0v) is 15.5. The number of ether oxygens (including phenoxy) is 2. The molecule has 3 aromatic carbocycles. The zero-order chi connectivity index (χ0) is 19.7. The van der Waals surface area contributed by atoms with Crippen molar-refractivity contribution in [2.75, 3.05) is 24.4 Å². The molecule has 3 aromatic rings. The van der Waals surface area contributed by atoms with E-state index in [0.717, 1.165) is 0 Å². The first-order valence-electron chi connectivity index (χ1n) is 8.83. The highest BCUT2D eigenvalue weighted by Crippen LogP contribution is 2.42. The van der Waals surface area contributed by atoms with Crippen molar-refractivity contribution in [2.24, 2.45) is 0 Å². The van der Waals surface area contributed by atoms with E-state index >= 15 is 0 Å². The summed E-state index contributed by atoms with van der Waals surface area (Å²) in [4.78, 5) is 15.0. The molecule has 2 N–H and O–H groups in total. The molecular formula is C22H20N2O4. The number of benzene rings is 3. The lowest BCUT2D eigenvalue weighted by Gasteiger charge is -2.38. The molecule has 28 heavy (non-hydrogen) atoms. The molecule has 6 nitrogen and oxygen atoms in total. The lowest BCUT2D eigenvalue weighted by Crippen LogP contribution is -2.43. The average Bonchev–Trinajstić information content (AvgIpc) is 2.74. The molecule has 1 aliphatic rings. The van der Waals surface area contributed by atoms with Gasteiger partial charge in [0.15, 0.2) is 11.5 Å². The van der Waals surface area contributed by atoms with E-state index in [0.29, 0.717) is 34.0 Å². The summed E-state index contributed by atoms with van der Waals surface area (Å²) >= 11 is 0. The highest BCUT2D eigenvalue weighted by Gasteiger charge is 2.35. The maximum absolute atomic E-state index is 13.4. The summed E-state index contributed by atoms with van der Waals surface area (Å²) in [6.45, 7) is 0. The fourth-order valence-electron chi connectivity index (χ4n) is 3.40. The number of rotatable bonds is 4. The van der Waals surface area contributed by atoms with Crippen LogP contribution in [0.15, 0.2) is 66.7 Å². The second-order valence-corrected chi connectivity index (χ2v) is 6.36. The molecule has 1 heterocycles. The first-order chi connectivity index (χ1) is 13.6. The predicted octanol–water partition coefficient (Wildman–Crippen LogP) is 4.18. The monoisotopic (exact) mass is 376 g/mol. The van der Waals surface area contributed by atoms with Crippen LogP contribution in [0.25, 0.3) is 0 Å². The average molecular weight is 376 g/mol. The van der Waals surface area contributed by atoms with Crippen molar-refractivity contribution in [2.45, 2.75) is 6.17 Å². The number of para-hydroxylation sites is 2. The van der Waals surface area contributed by atoms with Gasteiger partial charge in [0.2, 0.25) is 0 Å². The van der Waals surface area contributed by atoms with Crippen LogP contribution in [0.2, 0.25) is 0 Å². The summed E-state index contributed by atoms with van der Waals surface area (Å²) in [6.07, 6.45) is -0.606. The van der Waals surface area contributed by atoms with Crippen LogP contribution in [0.3, 0.4) is 0 Å². The second-order valence-electron chi connectivity index (χ2n) is 6.36. The van der Waals surface area contributed by atoms with Gasteiger partial charge >= 0.3 is 0 Å². The van der Waals surface area contributed by atoms with Gasteiger partial charge in [-0.2, -0.15) is 0 Å². The fraction of sp³-hybridized carbons (Fsp3) is 0.136. The van der Waals surface area contributed by atoms with E-state index in [2.05, 4.69) is 5.32 Å². The molecule has 4 rings (SSSR count). The van der Waals surface area contributed by atoms with Gasteiger partial charge in [-0.15, -0.1) is 0 Å². The molecule has 0 aromatic heterocycles. The van der Waals surface area contributed by atoms with Crippen molar-refractivity contribution < 1.29 is 19.4 Å². The summed E-state index contributed by atoms with van der Waals surface area (Å²) in [6, 6.07) is 19.8. The molecule has 6 heteroatoms. The molecule has 1 aliphatic heterocycles. The number of anilines is 2. The maximum Gasteiger partial charge on any atom is 0.262 e. The topological polar surface area (TPSA) is 71.0 Å². The minimum Gasteiger partial charge on any atom is -0.504 e. The van der Waals surface area contributed by atoms with Crippen molar-refractivity contribution in [1.82, 2.24) is 0 Å². The number of aromatic hydroxyl groups is 1. The van der Waals surface area contributed by atoms with Crippen molar-refractivity contribution in [3.05, 3.63) is 77.9 Å². The Kier molecular flexibility index (Phi) is 4.53. The van der Waals surface area contributed by atoms with Crippen LogP contribution in [0, 0.1) is 0 Å². The standard InChI is InChI=1S/C22H20N2O4/c1-27-15-12-10-14(11-13-15)24-21(17-7-5-9-19(28-2)20(17)25)23-18-8-4-3-6-16(18)22(24)26/h3-13,21,23,25H,1-2H3. The SMILES string of the molecule is COc1ccc(N2C(=O)c3ccccc3NC2c2cccc(OC)c2O)cc1. The summed E-state index contributed by atoms with van der Waals surface area (Å²) in [5.41, 5.74) is 2.50. The third kappa shape index (κ3) is 2.89. The number of nitrogens with zero attached hydrogens (tertiary/aromatic N) is 1. The minimum atomic E-state index is -0.606. The van der Waals surface area contributed by atoms with Crippen LogP contribution in [0.5, 0.6) is 17.2 Å². The van der Waals surface area contributed by atoms with Crippen LogP contribution in [-0.2, 0) is 0 Å². The molecule has 0 aliphatic carbocycles. The summed E-state index contributed by atoms with van der Waals surface area (Å²) in [7, 11) is 3.09. The second kappa shape index (κ2) is 7.15. The Bertz CT molecular complexity index is 1020. The Morgan fingerprint density at radius 2 is 1.68 bits per heavy atom. The molecule has 0 fully saturated rings. The van der Waals surface area contributed by atoms with E-state index in [-0.39, 0.29) is 11.7 Å². The molecule has 0 saturated heterocycles. The maximum atomic E-state index is 13.4. The van der Waals surface area contributed by atoms with E-state index in [1.165, 1.54) is 7.11 Å². The third-order valence-electron chi connectivity index (χ3n) is 4.82. The van der Waals surface area contributed by atoms with Gasteiger partial charge in [0, 0.05) is 16.9 Å². The van der Waals surface area contributed by atoms with Gasteiger partial charge in [0.1, 0.15) is 11.9 Å². The van der Waals surface area contributed by atoms with Crippen molar-refractivity contribution in [3.63, 3.8) is 0 Å². The quantitative estimate of drug-likeness (QED) is 0.715. The Labute approximate surface area is 162 Å². The molecule has 0 radical (unpaired) electrons. The van der Waals surface area contributed by atoms with Crippen LogP contribution in [0.1, 0.15) is 22.1 Å². The first-order valence-corrected chi connectivity index (χ1v) is 8.83. The van der Waals surface area contributed by atoms with E-state index in [9.17, 15) is 9.90 Å². The molecule has 0 bridgehead atoms. The Morgan fingerprint density at radius 1 is 0.929 bits per heavy atom. The van der Waals surface area contributed by atoms with Gasteiger partial charge in [-0.25, -0.2) is 0 Å². The molecule has 0 spiro atoms. The van der Waals surface area contributed by atoms with E-state index in [1.807, 2.05) is 30.3 Å². The summed E-state index contributed by atoms with van der Waals surface area (Å²) in [5.74, 6) is 0.877. The zero-order valence-electron chi connectivity index (χ0n) is 15.5. The largest absolute Gasteiger partial charge is 0.504 e. The number of hydrogen-bond donors (Lipinski definition) is 2. The van der Waals surface area contributed by atoms with Crippen LogP contribution < -0.4 is 19.7 Å². The van der Waals surface area contributed by atoms with Crippen molar-refractivity contribution in [1.29, 1.82) is 0 Å². The highest BCUT2D eigenvalue weighted by molar-refractivity contribution is 6.12. The first kappa shape index (κ1) is 17.7. The van der Waals surface area contributed by atoms with Gasteiger partial charge in [0.05, 0.1) is 19.8 Å². The Morgan fingerprint density at radius 3 is 2.39 bits per heavy atom. The molecule has 1 amide bonds. The molecule has 142 valence electrons. The molecular weight excluding hydrogens is 356 g/mol. The Hall–Kier alpha value is -3.67. The number of phenols is 1. The van der Waals surface area contributed by atoms with Crippen LogP contribution in [-0.4, -0.2) is 25.2 Å². The van der Waals surface area contributed by atoms with Gasteiger partial charge in [-0.3, -0.25) is 9.69 Å². The number of carbonyl (C=O) groups excluding carboxylic acids is 1. The van der Waals surface area contributed by atoms with E-state index < -0.39 is 6.17 Å². The van der Waals surface area contributed by atoms with Gasteiger partial charge < -0.3 is 19.9 Å². The number of nitrogens with one attached hydrogen (secondary N) is 1. The summed E-state index contributed by atoms with van der Waals surface area (Å²) in [5, 5.41) is 14.1. The molecule has 0 saturated carbocycles. The number of amides is 1. The number of carbonyl (C=O) groups is 1. The number of phenolic OH excluding ortho intramolecular Hbond substituents is 1. The highest BCUT2D eigenvalue weighted by atomic mass is 16.5. The lowest BCUT2D eigenvalue weighted by atomic mass is 10.0. The smallest absolute Gasteiger partial charge is 0.262 e. The molecule has 1 atom stereocenters.